The highest BCUT2D eigenvalue weighted by Crippen LogP contribution is 2.27. The zero-order chi connectivity index (χ0) is 9.30. The van der Waals surface area contributed by atoms with Crippen LogP contribution >= 0.6 is 31.9 Å². The highest BCUT2D eigenvalue weighted by Gasteiger charge is 2.06. The molecular weight excluding hydrogens is 280 g/mol. The Kier molecular flexibility index (Phi) is 3.36. The van der Waals surface area contributed by atoms with Gasteiger partial charge in [0.05, 0.1) is 0 Å². The van der Waals surface area contributed by atoms with E-state index in [1.165, 1.54) is 26.7 Å². The molecule has 2 heteroatoms. The molecule has 0 amide bonds. The van der Waals surface area contributed by atoms with Crippen molar-refractivity contribution in [3.05, 3.63) is 32.8 Å². The normalized spacial score (nSPS) is 10.4. The molecule has 0 unspecified atom stereocenters. The second-order valence-corrected chi connectivity index (χ2v) is 4.40. The first-order valence-corrected chi connectivity index (χ1v) is 5.80. The summed E-state index contributed by atoms with van der Waals surface area (Å²) in [5.74, 6) is 0. The quantitative estimate of drug-likeness (QED) is 0.678. The minimum Gasteiger partial charge on any atom is -0.0876 e. The van der Waals surface area contributed by atoms with Gasteiger partial charge in [-0.1, -0.05) is 37.9 Å². The Balaban J connectivity index is 3.39. The summed E-state index contributed by atoms with van der Waals surface area (Å²) in [6, 6.07) is 2.24. The second kappa shape index (κ2) is 3.93. The van der Waals surface area contributed by atoms with Crippen LogP contribution in [-0.2, 0) is 5.33 Å². The summed E-state index contributed by atoms with van der Waals surface area (Å²) in [6.45, 7) is 6.43. The Morgan fingerprint density at radius 2 is 1.75 bits per heavy atom. The molecule has 0 N–H and O–H groups in total. The van der Waals surface area contributed by atoms with E-state index in [4.69, 9.17) is 0 Å². The van der Waals surface area contributed by atoms with Gasteiger partial charge in [-0.25, -0.2) is 0 Å². The maximum absolute atomic E-state index is 3.60. The number of hydrogen-bond donors (Lipinski definition) is 0. The lowest BCUT2D eigenvalue weighted by molar-refractivity contribution is 1.21. The molecule has 1 rings (SSSR count). The molecule has 1 aromatic rings. The van der Waals surface area contributed by atoms with Crippen LogP contribution in [0, 0.1) is 20.8 Å². The average Bonchev–Trinajstić information content (AvgIpc) is 2.08. The van der Waals surface area contributed by atoms with Gasteiger partial charge in [-0.3, -0.25) is 0 Å². The number of hydrogen-bond acceptors (Lipinski definition) is 0. The molecule has 0 saturated carbocycles. The van der Waals surface area contributed by atoms with E-state index < -0.39 is 0 Å². The first kappa shape index (κ1) is 10.3. The van der Waals surface area contributed by atoms with E-state index in [2.05, 4.69) is 58.7 Å². The first-order valence-electron chi connectivity index (χ1n) is 3.89. The fourth-order valence-corrected chi connectivity index (χ4v) is 2.36. The minimum atomic E-state index is 0.929. The van der Waals surface area contributed by atoms with Crippen LogP contribution in [0.5, 0.6) is 0 Å². The van der Waals surface area contributed by atoms with Gasteiger partial charge in [-0.05, 0) is 43.0 Å². The summed E-state index contributed by atoms with van der Waals surface area (Å²) in [4.78, 5) is 0. The predicted octanol–water partition coefficient (Wildman–Crippen LogP) is 4.27. The van der Waals surface area contributed by atoms with Crippen molar-refractivity contribution in [3.63, 3.8) is 0 Å². The van der Waals surface area contributed by atoms with Gasteiger partial charge in [0.15, 0.2) is 0 Å². The number of benzene rings is 1. The van der Waals surface area contributed by atoms with Gasteiger partial charge in [0, 0.05) is 9.80 Å². The number of alkyl halides is 1. The molecule has 0 spiro atoms. The molecule has 0 aliphatic rings. The summed E-state index contributed by atoms with van der Waals surface area (Å²) in [5, 5.41) is 0.929. The summed E-state index contributed by atoms with van der Waals surface area (Å²) in [5.41, 5.74) is 5.40. The van der Waals surface area contributed by atoms with Gasteiger partial charge in [0.25, 0.3) is 0 Å². The van der Waals surface area contributed by atoms with Gasteiger partial charge in [0.1, 0.15) is 0 Å². The molecule has 0 heterocycles. The van der Waals surface area contributed by atoms with E-state index in [1.807, 2.05) is 0 Å². The topological polar surface area (TPSA) is 0 Å². The molecule has 0 atom stereocenters. The van der Waals surface area contributed by atoms with Crippen molar-refractivity contribution < 1.29 is 0 Å². The molecule has 12 heavy (non-hydrogen) atoms. The van der Waals surface area contributed by atoms with Gasteiger partial charge < -0.3 is 0 Å². The molecule has 0 aliphatic carbocycles. The van der Waals surface area contributed by atoms with Gasteiger partial charge >= 0.3 is 0 Å². The molecule has 1 aromatic carbocycles. The number of aryl methyl sites for hydroxylation is 1. The molecular formula is C10H12Br2. The third kappa shape index (κ3) is 1.74. The molecule has 66 valence electrons. The van der Waals surface area contributed by atoms with Crippen molar-refractivity contribution in [2.45, 2.75) is 26.1 Å². The Labute approximate surface area is 90.6 Å². The highest BCUT2D eigenvalue weighted by molar-refractivity contribution is 9.10. The molecule has 0 radical (unpaired) electrons. The fraction of sp³-hybridized carbons (Fsp3) is 0.400. The fourth-order valence-electron chi connectivity index (χ4n) is 1.21. The lowest BCUT2D eigenvalue weighted by Gasteiger charge is -2.10. The summed E-state index contributed by atoms with van der Waals surface area (Å²) in [6.07, 6.45) is 0. The van der Waals surface area contributed by atoms with Crippen LogP contribution in [0.25, 0.3) is 0 Å². The predicted molar refractivity (Wildman–Crippen MR) is 61.0 cm³/mol. The van der Waals surface area contributed by atoms with Crippen molar-refractivity contribution in [3.8, 4) is 0 Å². The van der Waals surface area contributed by atoms with Crippen LogP contribution in [0.2, 0.25) is 0 Å². The third-order valence-electron chi connectivity index (χ3n) is 2.27. The van der Waals surface area contributed by atoms with Crippen molar-refractivity contribution >= 4 is 31.9 Å². The number of rotatable bonds is 1. The summed E-state index contributed by atoms with van der Waals surface area (Å²) >= 11 is 7.08. The standard InChI is InChI=1S/C10H12Br2/c1-6-4-9(5-11)8(3)10(12)7(6)2/h4H,5H2,1-3H3. The van der Waals surface area contributed by atoms with Gasteiger partial charge in [-0.2, -0.15) is 0 Å². The van der Waals surface area contributed by atoms with E-state index in [1.54, 1.807) is 0 Å². The van der Waals surface area contributed by atoms with Gasteiger partial charge in [0.2, 0.25) is 0 Å². The van der Waals surface area contributed by atoms with E-state index >= 15 is 0 Å². The summed E-state index contributed by atoms with van der Waals surface area (Å²) < 4.78 is 1.25. The second-order valence-electron chi connectivity index (χ2n) is 3.05. The highest BCUT2D eigenvalue weighted by atomic mass is 79.9. The minimum absolute atomic E-state index is 0.929. The lowest BCUT2D eigenvalue weighted by Crippen LogP contribution is -1.92. The summed E-state index contributed by atoms with van der Waals surface area (Å²) in [7, 11) is 0. The Hall–Kier alpha value is 0.180. The van der Waals surface area contributed by atoms with Gasteiger partial charge in [-0.15, -0.1) is 0 Å². The van der Waals surface area contributed by atoms with Crippen LogP contribution in [0.1, 0.15) is 22.3 Å². The lowest BCUT2D eigenvalue weighted by atomic mass is 10.0. The number of halogens is 2. The Morgan fingerprint density at radius 3 is 2.25 bits per heavy atom. The maximum Gasteiger partial charge on any atom is 0.0286 e. The molecule has 0 aliphatic heterocycles. The zero-order valence-electron chi connectivity index (χ0n) is 7.54. The van der Waals surface area contributed by atoms with Crippen LogP contribution in [0.15, 0.2) is 10.5 Å². The Bertz CT molecular complexity index is 303. The molecule has 0 bridgehead atoms. The van der Waals surface area contributed by atoms with Crippen LogP contribution in [0.3, 0.4) is 0 Å². The first-order chi connectivity index (χ1) is 5.57. The molecule has 0 aromatic heterocycles. The zero-order valence-corrected chi connectivity index (χ0v) is 10.7. The molecule has 0 saturated heterocycles. The maximum atomic E-state index is 3.60. The van der Waals surface area contributed by atoms with Crippen molar-refractivity contribution in [2.75, 3.05) is 0 Å². The van der Waals surface area contributed by atoms with Crippen LogP contribution < -0.4 is 0 Å². The third-order valence-corrected chi connectivity index (χ3v) is 4.06. The van der Waals surface area contributed by atoms with Crippen molar-refractivity contribution in [2.24, 2.45) is 0 Å². The van der Waals surface area contributed by atoms with Crippen molar-refractivity contribution in [1.82, 2.24) is 0 Å². The average molecular weight is 292 g/mol. The van der Waals surface area contributed by atoms with Crippen LogP contribution in [0.4, 0.5) is 0 Å². The molecule has 0 nitrogen and oxygen atoms in total. The smallest absolute Gasteiger partial charge is 0.0286 e. The van der Waals surface area contributed by atoms with E-state index in [9.17, 15) is 0 Å². The van der Waals surface area contributed by atoms with E-state index in [-0.39, 0.29) is 0 Å². The van der Waals surface area contributed by atoms with E-state index in [0.717, 1.165) is 5.33 Å². The monoisotopic (exact) mass is 290 g/mol. The van der Waals surface area contributed by atoms with Crippen LogP contribution in [-0.4, -0.2) is 0 Å². The SMILES string of the molecule is Cc1cc(CBr)c(C)c(Br)c1C. The molecule has 0 fully saturated rings. The Morgan fingerprint density at radius 1 is 1.17 bits per heavy atom. The largest absolute Gasteiger partial charge is 0.0876 e. The van der Waals surface area contributed by atoms with Crippen molar-refractivity contribution in [1.29, 1.82) is 0 Å². The van der Waals surface area contributed by atoms with E-state index in [0.29, 0.717) is 0 Å².